The van der Waals surface area contributed by atoms with Gasteiger partial charge in [0.1, 0.15) is 5.00 Å². The number of benzene rings is 1. The molecule has 2 aromatic rings. The molecule has 2 unspecified atom stereocenters. The molecule has 2 atom stereocenters. The maximum atomic E-state index is 13.3. The van der Waals surface area contributed by atoms with Crippen LogP contribution in [0.5, 0.6) is 0 Å². The molecule has 164 valence electrons. The molecule has 2 bridgehead atoms. The minimum Gasteiger partial charge on any atom is -0.481 e. The third-order valence-electron chi connectivity index (χ3n) is 6.87. The number of nitrogens with one attached hydrogen (secondary N) is 2. The van der Waals surface area contributed by atoms with Crippen LogP contribution in [0.25, 0.3) is 0 Å². The molecule has 1 heterocycles. The van der Waals surface area contributed by atoms with Gasteiger partial charge in [-0.2, -0.15) is 0 Å². The molecule has 31 heavy (non-hydrogen) atoms. The van der Waals surface area contributed by atoms with E-state index in [-0.39, 0.29) is 23.7 Å². The lowest BCUT2D eigenvalue weighted by molar-refractivity contribution is -0.156. The van der Waals surface area contributed by atoms with Crippen molar-refractivity contribution in [2.24, 2.45) is 23.7 Å². The lowest BCUT2D eigenvalue weighted by Gasteiger charge is -2.45. The smallest absolute Gasteiger partial charge is 0.307 e. The fraction of sp³-hybridized carbons (Fsp3) is 0.458. The predicted molar refractivity (Wildman–Crippen MR) is 122 cm³/mol. The molecule has 0 spiro atoms. The predicted octanol–water partition coefficient (Wildman–Crippen LogP) is 4.95. The molecule has 0 aliphatic heterocycles. The van der Waals surface area contributed by atoms with Crippen molar-refractivity contribution in [1.82, 2.24) is 0 Å². The average Bonchev–Trinajstić information content (AvgIpc) is 3.09. The van der Waals surface area contributed by atoms with E-state index in [0.29, 0.717) is 22.7 Å². The number of carboxylic acids is 1. The Morgan fingerprint density at radius 1 is 1.00 bits per heavy atom. The van der Waals surface area contributed by atoms with Crippen molar-refractivity contribution < 1.29 is 19.5 Å². The number of anilines is 2. The van der Waals surface area contributed by atoms with Crippen molar-refractivity contribution in [3.05, 3.63) is 46.3 Å². The van der Waals surface area contributed by atoms with Gasteiger partial charge in [0.25, 0.3) is 5.91 Å². The summed E-state index contributed by atoms with van der Waals surface area (Å²) in [6.45, 7) is 3.93. The van der Waals surface area contributed by atoms with Crippen LogP contribution in [-0.4, -0.2) is 22.9 Å². The summed E-state index contributed by atoms with van der Waals surface area (Å²) in [4.78, 5) is 39.4. The monoisotopic (exact) mass is 440 g/mol. The molecule has 3 aliphatic rings. The fourth-order valence-electron chi connectivity index (χ4n) is 5.43. The largest absolute Gasteiger partial charge is 0.481 e. The Labute approximate surface area is 186 Å². The molecule has 6 nitrogen and oxygen atoms in total. The molecule has 2 amide bonds. The van der Waals surface area contributed by atoms with Crippen molar-refractivity contribution >= 4 is 39.8 Å². The van der Waals surface area contributed by atoms with Crippen LogP contribution in [0.15, 0.2) is 30.3 Å². The maximum absolute atomic E-state index is 13.3. The molecule has 0 saturated heterocycles. The summed E-state index contributed by atoms with van der Waals surface area (Å²) < 4.78 is 0. The van der Waals surface area contributed by atoms with Crippen LogP contribution in [0, 0.1) is 30.6 Å². The van der Waals surface area contributed by atoms with Crippen LogP contribution in [0.2, 0.25) is 0 Å². The SMILES string of the molecule is CCc1c(C)sc(NC(=O)C2C3CCC(CC3)C2C(=O)O)c1C(=O)Nc1ccccc1. The number of carbonyl (C=O) groups excluding carboxylic acids is 2. The van der Waals surface area contributed by atoms with Gasteiger partial charge in [-0.05, 0) is 68.6 Å². The topological polar surface area (TPSA) is 95.5 Å². The maximum Gasteiger partial charge on any atom is 0.307 e. The molecule has 3 fully saturated rings. The second-order valence-electron chi connectivity index (χ2n) is 8.57. The van der Waals surface area contributed by atoms with E-state index in [4.69, 9.17) is 0 Å². The van der Waals surface area contributed by atoms with E-state index in [1.807, 2.05) is 44.2 Å². The highest BCUT2D eigenvalue weighted by atomic mass is 32.1. The molecule has 3 saturated carbocycles. The summed E-state index contributed by atoms with van der Waals surface area (Å²) in [5.74, 6) is -2.42. The third kappa shape index (κ3) is 4.11. The summed E-state index contributed by atoms with van der Waals surface area (Å²) in [6.07, 6.45) is 4.24. The molecule has 5 rings (SSSR count). The van der Waals surface area contributed by atoms with Crippen molar-refractivity contribution in [1.29, 1.82) is 0 Å². The van der Waals surface area contributed by atoms with Crippen molar-refractivity contribution in [3.8, 4) is 0 Å². The van der Waals surface area contributed by atoms with Gasteiger partial charge >= 0.3 is 5.97 Å². The molecule has 0 radical (unpaired) electrons. The number of para-hydroxylation sites is 1. The first-order valence-corrected chi connectivity index (χ1v) is 11.7. The molecule has 1 aromatic heterocycles. The number of rotatable bonds is 6. The fourth-order valence-corrected chi connectivity index (χ4v) is 6.57. The second kappa shape index (κ2) is 8.83. The lowest BCUT2D eigenvalue weighted by atomic mass is 9.58. The Bertz CT molecular complexity index is 993. The van der Waals surface area contributed by atoms with Gasteiger partial charge in [0.05, 0.1) is 17.4 Å². The van der Waals surface area contributed by atoms with Gasteiger partial charge < -0.3 is 15.7 Å². The summed E-state index contributed by atoms with van der Waals surface area (Å²) in [6, 6.07) is 9.21. The number of carbonyl (C=O) groups is 3. The molecule has 3 N–H and O–H groups in total. The summed E-state index contributed by atoms with van der Waals surface area (Å²) in [7, 11) is 0. The first-order valence-electron chi connectivity index (χ1n) is 10.9. The van der Waals surface area contributed by atoms with E-state index in [1.54, 1.807) is 0 Å². The Morgan fingerprint density at radius 2 is 1.61 bits per heavy atom. The van der Waals surface area contributed by atoms with Crippen LogP contribution in [0.1, 0.15) is 53.4 Å². The van der Waals surface area contributed by atoms with E-state index >= 15 is 0 Å². The van der Waals surface area contributed by atoms with Crippen molar-refractivity contribution in [3.63, 3.8) is 0 Å². The van der Waals surface area contributed by atoms with Crippen molar-refractivity contribution in [2.45, 2.75) is 46.0 Å². The highest BCUT2D eigenvalue weighted by Gasteiger charge is 2.50. The quantitative estimate of drug-likeness (QED) is 0.592. The standard InChI is InChI=1S/C24H28N2O4S/c1-3-17-13(2)31-23(20(17)22(28)25-16-7-5-4-6-8-16)26-21(27)18-14-9-11-15(12-10-14)19(18)24(29)30/h4-8,14-15,18-19H,3,9-12H2,1-2H3,(H,25,28)(H,26,27)(H,29,30). The van der Waals surface area contributed by atoms with E-state index < -0.39 is 17.8 Å². The Morgan fingerprint density at radius 3 is 2.19 bits per heavy atom. The molecular weight excluding hydrogens is 412 g/mol. The van der Waals surface area contributed by atoms with Gasteiger partial charge in [-0.25, -0.2) is 0 Å². The number of aliphatic carboxylic acids is 1. The molecular formula is C24H28N2O4S. The number of fused-ring (bicyclic) bond motifs is 3. The average molecular weight is 441 g/mol. The first kappa shape index (κ1) is 21.6. The minimum atomic E-state index is -0.881. The Balaban J connectivity index is 1.61. The minimum absolute atomic E-state index is 0.0652. The zero-order valence-electron chi connectivity index (χ0n) is 17.8. The second-order valence-corrected chi connectivity index (χ2v) is 9.79. The number of hydrogen-bond donors (Lipinski definition) is 3. The Kier molecular flexibility index (Phi) is 6.14. The third-order valence-corrected chi connectivity index (χ3v) is 7.93. The van der Waals surface area contributed by atoms with E-state index in [1.165, 1.54) is 11.3 Å². The zero-order valence-corrected chi connectivity index (χ0v) is 18.6. The van der Waals surface area contributed by atoms with Gasteiger partial charge in [0.2, 0.25) is 5.91 Å². The van der Waals surface area contributed by atoms with Gasteiger partial charge in [0, 0.05) is 10.6 Å². The number of aryl methyl sites for hydroxylation is 1. The summed E-state index contributed by atoms with van der Waals surface area (Å²) >= 11 is 1.39. The lowest BCUT2D eigenvalue weighted by Crippen LogP contribution is -2.49. The normalized spacial score (nSPS) is 24.6. The first-order chi connectivity index (χ1) is 14.9. The van der Waals surface area contributed by atoms with Gasteiger partial charge in [-0.1, -0.05) is 25.1 Å². The highest BCUT2D eigenvalue weighted by Crippen LogP contribution is 2.49. The summed E-state index contributed by atoms with van der Waals surface area (Å²) in [5.41, 5.74) is 2.08. The van der Waals surface area contributed by atoms with Crippen LogP contribution < -0.4 is 10.6 Å². The number of amides is 2. The summed E-state index contributed by atoms with van der Waals surface area (Å²) in [5, 5.41) is 16.2. The van der Waals surface area contributed by atoms with Gasteiger partial charge in [0.15, 0.2) is 0 Å². The van der Waals surface area contributed by atoms with Crippen LogP contribution in [0.3, 0.4) is 0 Å². The molecule has 7 heteroatoms. The number of hydrogen-bond acceptors (Lipinski definition) is 4. The van der Waals surface area contributed by atoms with Crippen LogP contribution in [0.4, 0.5) is 10.7 Å². The van der Waals surface area contributed by atoms with E-state index in [2.05, 4.69) is 10.6 Å². The van der Waals surface area contributed by atoms with E-state index in [0.717, 1.165) is 36.1 Å². The number of thiophene rings is 1. The Hall–Kier alpha value is -2.67. The highest BCUT2D eigenvalue weighted by molar-refractivity contribution is 7.16. The molecule has 1 aromatic carbocycles. The van der Waals surface area contributed by atoms with E-state index in [9.17, 15) is 19.5 Å². The van der Waals surface area contributed by atoms with Gasteiger partial charge in [-0.3, -0.25) is 14.4 Å². The van der Waals surface area contributed by atoms with Gasteiger partial charge in [-0.15, -0.1) is 11.3 Å². The van der Waals surface area contributed by atoms with Crippen molar-refractivity contribution in [2.75, 3.05) is 10.6 Å². The molecule has 3 aliphatic carbocycles. The number of carboxylic acid groups (broad SMARTS) is 1. The van der Waals surface area contributed by atoms with Crippen LogP contribution in [-0.2, 0) is 16.0 Å². The van der Waals surface area contributed by atoms with Crippen LogP contribution >= 0.6 is 11.3 Å². The zero-order chi connectivity index (χ0) is 22.1.